The standard InChI is InChI=1S/C26H38O/c1-3-5-7-8-9-21-10-12-22(13-11-21)23-14-15-25-20-26(27-18-6-4-2)17-16-24(25)19-23/h14-17,19-22H,3-13,18H2,1-2H3. The lowest BCUT2D eigenvalue weighted by atomic mass is 9.77. The fourth-order valence-corrected chi connectivity index (χ4v) is 4.56. The van der Waals surface area contributed by atoms with Crippen LogP contribution >= 0.6 is 0 Å². The minimum Gasteiger partial charge on any atom is -0.494 e. The number of unbranched alkanes of at least 4 members (excludes halogenated alkanes) is 4. The van der Waals surface area contributed by atoms with Crippen LogP contribution in [0.5, 0.6) is 5.75 Å². The van der Waals surface area contributed by atoms with Crippen molar-refractivity contribution in [1.82, 2.24) is 0 Å². The van der Waals surface area contributed by atoms with E-state index in [1.165, 1.54) is 75.0 Å². The lowest BCUT2D eigenvalue weighted by Crippen LogP contribution is -2.13. The van der Waals surface area contributed by atoms with Crippen molar-refractivity contribution in [2.45, 2.75) is 90.4 Å². The molecule has 1 heteroatoms. The van der Waals surface area contributed by atoms with Crippen LogP contribution in [0.1, 0.15) is 96.0 Å². The summed E-state index contributed by atoms with van der Waals surface area (Å²) in [7, 11) is 0. The first-order valence-electron chi connectivity index (χ1n) is 11.5. The molecular weight excluding hydrogens is 328 g/mol. The third kappa shape index (κ3) is 5.99. The summed E-state index contributed by atoms with van der Waals surface area (Å²) in [6, 6.07) is 13.7. The van der Waals surface area contributed by atoms with Crippen LogP contribution in [0, 0.1) is 5.92 Å². The second kappa shape index (κ2) is 10.7. The Labute approximate surface area is 166 Å². The van der Waals surface area contributed by atoms with Gasteiger partial charge in [-0.1, -0.05) is 76.6 Å². The topological polar surface area (TPSA) is 9.23 Å². The smallest absolute Gasteiger partial charge is 0.119 e. The number of hydrogen-bond donors (Lipinski definition) is 0. The van der Waals surface area contributed by atoms with Crippen molar-refractivity contribution in [3.05, 3.63) is 42.0 Å². The van der Waals surface area contributed by atoms with Gasteiger partial charge in [-0.25, -0.2) is 0 Å². The number of hydrogen-bond acceptors (Lipinski definition) is 1. The summed E-state index contributed by atoms with van der Waals surface area (Å²) >= 11 is 0. The molecular formula is C26H38O. The molecule has 2 aromatic rings. The molecule has 3 rings (SSSR count). The van der Waals surface area contributed by atoms with Gasteiger partial charge in [0.05, 0.1) is 6.61 Å². The molecule has 0 aliphatic heterocycles. The van der Waals surface area contributed by atoms with Gasteiger partial charge in [-0.05, 0) is 72.4 Å². The van der Waals surface area contributed by atoms with Crippen molar-refractivity contribution in [2.24, 2.45) is 5.92 Å². The molecule has 0 heterocycles. The molecule has 1 aliphatic rings. The maximum absolute atomic E-state index is 5.86. The van der Waals surface area contributed by atoms with E-state index in [1.807, 2.05) is 0 Å². The molecule has 0 N–H and O–H groups in total. The van der Waals surface area contributed by atoms with Crippen LogP contribution in [-0.4, -0.2) is 6.61 Å². The van der Waals surface area contributed by atoms with Gasteiger partial charge in [0.15, 0.2) is 0 Å². The van der Waals surface area contributed by atoms with Crippen LogP contribution in [-0.2, 0) is 0 Å². The molecule has 0 spiro atoms. The third-order valence-corrected chi connectivity index (χ3v) is 6.39. The molecule has 0 unspecified atom stereocenters. The van der Waals surface area contributed by atoms with Crippen LogP contribution in [0.25, 0.3) is 10.8 Å². The van der Waals surface area contributed by atoms with E-state index in [4.69, 9.17) is 4.74 Å². The van der Waals surface area contributed by atoms with E-state index in [2.05, 4.69) is 50.2 Å². The maximum Gasteiger partial charge on any atom is 0.119 e. The molecule has 0 aromatic heterocycles. The summed E-state index contributed by atoms with van der Waals surface area (Å²) in [5.41, 5.74) is 1.55. The van der Waals surface area contributed by atoms with Crippen LogP contribution in [0.2, 0.25) is 0 Å². The Hall–Kier alpha value is -1.50. The van der Waals surface area contributed by atoms with Gasteiger partial charge in [0.2, 0.25) is 0 Å². The first-order chi connectivity index (χ1) is 13.3. The second-order valence-corrected chi connectivity index (χ2v) is 8.54. The summed E-state index contributed by atoms with van der Waals surface area (Å²) in [4.78, 5) is 0. The van der Waals surface area contributed by atoms with E-state index in [-0.39, 0.29) is 0 Å². The molecule has 0 bridgehead atoms. The van der Waals surface area contributed by atoms with Crippen LogP contribution < -0.4 is 4.74 Å². The highest BCUT2D eigenvalue weighted by Gasteiger charge is 2.22. The quantitative estimate of drug-likeness (QED) is 0.384. The second-order valence-electron chi connectivity index (χ2n) is 8.54. The summed E-state index contributed by atoms with van der Waals surface area (Å²) < 4.78 is 5.86. The highest BCUT2D eigenvalue weighted by atomic mass is 16.5. The van der Waals surface area contributed by atoms with E-state index in [0.717, 1.165) is 30.6 Å². The highest BCUT2D eigenvalue weighted by molar-refractivity contribution is 5.84. The normalized spacial score (nSPS) is 20.1. The van der Waals surface area contributed by atoms with Gasteiger partial charge in [-0.2, -0.15) is 0 Å². The molecule has 0 amide bonds. The van der Waals surface area contributed by atoms with Gasteiger partial charge in [0, 0.05) is 0 Å². The first kappa shape index (κ1) is 20.2. The molecule has 1 saturated carbocycles. The Morgan fingerprint density at radius 3 is 2.30 bits per heavy atom. The largest absolute Gasteiger partial charge is 0.494 e. The summed E-state index contributed by atoms with van der Waals surface area (Å²) in [5, 5.41) is 2.66. The zero-order chi connectivity index (χ0) is 18.9. The Bertz CT molecular complexity index is 682. The van der Waals surface area contributed by atoms with Gasteiger partial charge in [0.25, 0.3) is 0 Å². The molecule has 0 atom stereocenters. The number of fused-ring (bicyclic) bond motifs is 1. The molecule has 2 aromatic carbocycles. The Kier molecular flexibility index (Phi) is 8.05. The van der Waals surface area contributed by atoms with Gasteiger partial charge in [0.1, 0.15) is 5.75 Å². The van der Waals surface area contributed by atoms with E-state index >= 15 is 0 Å². The SMILES string of the molecule is CCCCCCC1CCC(c2ccc3cc(OCCCC)ccc3c2)CC1. The zero-order valence-electron chi connectivity index (χ0n) is 17.5. The van der Waals surface area contributed by atoms with E-state index < -0.39 is 0 Å². The van der Waals surface area contributed by atoms with Crippen LogP contribution in [0.4, 0.5) is 0 Å². The summed E-state index contributed by atoms with van der Waals surface area (Å²) in [6.45, 7) is 5.32. The minimum atomic E-state index is 0.766. The number of ether oxygens (including phenoxy) is 1. The predicted octanol–water partition coefficient (Wildman–Crippen LogP) is 8.26. The number of benzene rings is 2. The van der Waals surface area contributed by atoms with Crippen LogP contribution in [0.3, 0.4) is 0 Å². The van der Waals surface area contributed by atoms with Crippen molar-refractivity contribution in [2.75, 3.05) is 6.61 Å². The van der Waals surface area contributed by atoms with Crippen molar-refractivity contribution >= 4 is 10.8 Å². The fourth-order valence-electron chi connectivity index (χ4n) is 4.56. The molecule has 0 saturated heterocycles. The van der Waals surface area contributed by atoms with Crippen molar-refractivity contribution in [3.8, 4) is 5.75 Å². The molecule has 1 nitrogen and oxygen atoms in total. The lowest BCUT2D eigenvalue weighted by molar-refractivity contribution is 0.302. The fraction of sp³-hybridized carbons (Fsp3) is 0.615. The minimum absolute atomic E-state index is 0.766. The average molecular weight is 367 g/mol. The number of rotatable bonds is 10. The van der Waals surface area contributed by atoms with Crippen molar-refractivity contribution in [1.29, 1.82) is 0 Å². The highest BCUT2D eigenvalue weighted by Crippen LogP contribution is 2.38. The van der Waals surface area contributed by atoms with Gasteiger partial charge in [-0.15, -0.1) is 0 Å². The van der Waals surface area contributed by atoms with Crippen LogP contribution in [0.15, 0.2) is 36.4 Å². The first-order valence-corrected chi connectivity index (χ1v) is 11.5. The molecule has 27 heavy (non-hydrogen) atoms. The van der Waals surface area contributed by atoms with E-state index in [0.29, 0.717) is 0 Å². The maximum atomic E-state index is 5.86. The van der Waals surface area contributed by atoms with Crippen molar-refractivity contribution in [3.63, 3.8) is 0 Å². The lowest BCUT2D eigenvalue weighted by Gasteiger charge is -2.29. The van der Waals surface area contributed by atoms with Crippen molar-refractivity contribution < 1.29 is 4.74 Å². The van der Waals surface area contributed by atoms with Gasteiger partial charge >= 0.3 is 0 Å². The molecule has 0 radical (unpaired) electrons. The van der Waals surface area contributed by atoms with E-state index in [9.17, 15) is 0 Å². The van der Waals surface area contributed by atoms with E-state index in [1.54, 1.807) is 5.56 Å². The summed E-state index contributed by atoms with van der Waals surface area (Å²) in [5.74, 6) is 2.76. The molecule has 1 aliphatic carbocycles. The van der Waals surface area contributed by atoms with Gasteiger partial charge in [-0.3, -0.25) is 0 Å². The Morgan fingerprint density at radius 2 is 1.52 bits per heavy atom. The average Bonchev–Trinajstić information content (AvgIpc) is 2.71. The molecule has 148 valence electrons. The monoisotopic (exact) mass is 366 g/mol. The summed E-state index contributed by atoms with van der Waals surface area (Å²) in [6.07, 6.45) is 15.0. The van der Waals surface area contributed by atoms with Gasteiger partial charge < -0.3 is 4.74 Å². The molecule has 1 fully saturated rings. The third-order valence-electron chi connectivity index (χ3n) is 6.39. The Balaban J connectivity index is 1.54. The zero-order valence-corrected chi connectivity index (χ0v) is 17.5. The Morgan fingerprint density at radius 1 is 0.778 bits per heavy atom. The predicted molar refractivity (Wildman–Crippen MR) is 118 cm³/mol.